The normalized spacial score (nSPS) is 11.8. The number of nitrogens with zero attached hydrogens (tertiary/aromatic N) is 1. The molecule has 4 N–H and O–H groups in total. The van der Waals surface area contributed by atoms with Crippen molar-refractivity contribution in [3.8, 4) is 17.0 Å². The van der Waals surface area contributed by atoms with Crippen molar-refractivity contribution >= 4 is 17.8 Å². The first kappa shape index (κ1) is 22.9. The van der Waals surface area contributed by atoms with Gasteiger partial charge >= 0.3 is 5.97 Å². The summed E-state index contributed by atoms with van der Waals surface area (Å²) in [6.07, 6.45) is 1.68. The Labute approximate surface area is 187 Å². The Morgan fingerprint density at radius 3 is 2.38 bits per heavy atom. The fourth-order valence-corrected chi connectivity index (χ4v) is 3.43. The molecular formula is C24H28N4O4. The summed E-state index contributed by atoms with van der Waals surface area (Å²) in [5, 5.41) is 15.2. The van der Waals surface area contributed by atoms with Gasteiger partial charge in [0.15, 0.2) is 0 Å². The second-order valence-corrected chi connectivity index (χ2v) is 7.86. The summed E-state index contributed by atoms with van der Waals surface area (Å²) < 4.78 is 5.71. The van der Waals surface area contributed by atoms with E-state index in [2.05, 4.69) is 20.6 Å². The molecule has 1 atom stereocenters. The van der Waals surface area contributed by atoms with Gasteiger partial charge < -0.3 is 25.5 Å². The molecule has 0 fully saturated rings. The quantitative estimate of drug-likeness (QED) is 0.406. The van der Waals surface area contributed by atoms with Crippen molar-refractivity contribution in [3.05, 3.63) is 65.4 Å². The number of aryl methyl sites for hydroxylation is 2. The summed E-state index contributed by atoms with van der Waals surface area (Å²) >= 11 is 0. The van der Waals surface area contributed by atoms with Gasteiger partial charge in [0.05, 0.1) is 18.0 Å². The van der Waals surface area contributed by atoms with Crippen LogP contribution in [0.1, 0.15) is 35.3 Å². The van der Waals surface area contributed by atoms with Crippen molar-refractivity contribution < 1.29 is 19.4 Å². The van der Waals surface area contributed by atoms with E-state index in [1.165, 1.54) is 0 Å². The number of carbonyl (C=O) groups excluding carboxylic acids is 1. The number of nitrogens with one attached hydrogen (secondary N) is 3. The smallest absolute Gasteiger partial charge is 0.328 e. The van der Waals surface area contributed by atoms with Crippen LogP contribution in [-0.2, 0) is 4.79 Å². The highest BCUT2D eigenvalue weighted by Gasteiger charge is 2.23. The number of anilines is 1. The van der Waals surface area contributed by atoms with E-state index in [-0.39, 0.29) is 12.6 Å². The molecule has 0 aliphatic heterocycles. The van der Waals surface area contributed by atoms with E-state index in [0.29, 0.717) is 28.4 Å². The van der Waals surface area contributed by atoms with Crippen LogP contribution in [0.15, 0.2) is 48.7 Å². The number of hydrogen-bond acceptors (Lipinski definition) is 5. The first-order valence-electron chi connectivity index (χ1n) is 10.4. The number of carboxylic acid groups (broad SMARTS) is 1. The molecule has 2 aromatic carbocycles. The number of ether oxygens (including phenoxy) is 1. The zero-order valence-corrected chi connectivity index (χ0v) is 18.6. The number of aromatic amines is 1. The second-order valence-electron chi connectivity index (χ2n) is 7.86. The Bertz CT molecular complexity index is 1070. The van der Waals surface area contributed by atoms with Gasteiger partial charge in [-0.2, -0.15) is 0 Å². The highest BCUT2D eigenvalue weighted by atomic mass is 16.5. The predicted molar refractivity (Wildman–Crippen MR) is 123 cm³/mol. The van der Waals surface area contributed by atoms with E-state index in [4.69, 9.17) is 4.74 Å². The number of amides is 1. The topological polar surface area (TPSA) is 116 Å². The van der Waals surface area contributed by atoms with Crippen LogP contribution in [0.3, 0.4) is 0 Å². The molecule has 3 rings (SSSR count). The van der Waals surface area contributed by atoms with E-state index >= 15 is 0 Å². The lowest BCUT2D eigenvalue weighted by atomic mass is 10.0. The molecule has 0 aliphatic carbocycles. The minimum Gasteiger partial charge on any atom is -0.491 e. The number of carboxylic acids is 1. The maximum absolute atomic E-state index is 12.9. The van der Waals surface area contributed by atoms with E-state index in [9.17, 15) is 14.7 Å². The third kappa shape index (κ3) is 5.66. The monoisotopic (exact) mass is 436 g/mol. The molecule has 0 radical (unpaired) electrons. The lowest BCUT2D eigenvalue weighted by Gasteiger charge is -2.18. The summed E-state index contributed by atoms with van der Waals surface area (Å²) in [7, 11) is 0. The number of rotatable bonds is 9. The fourth-order valence-electron chi connectivity index (χ4n) is 3.43. The van der Waals surface area contributed by atoms with Gasteiger partial charge in [-0.1, -0.05) is 30.3 Å². The first-order valence-corrected chi connectivity index (χ1v) is 10.4. The van der Waals surface area contributed by atoms with Crippen LogP contribution >= 0.6 is 0 Å². The van der Waals surface area contributed by atoms with Crippen LogP contribution in [0.5, 0.6) is 5.75 Å². The molecular weight excluding hydrogens is 408 g/mol. The molecule has 0 saturated heterocycles. The SMILES string of the molecule is Cc1cc(OC(C)C)cc(C)c1C(=O)N[C@@H](CNc1ncc(-c2ccccc2)[nH]1)C(=O)O. The molecule has 8 heteroatoms. The molecule has 0 unspecified atom stereocenters. The number of benzene rings is 2. The van der Waals surface area contributed by atoms with Crippen molar-refractivity contribution in [1.82, 2.24) is 15.3 Å². The van der Waals surface area contributed by atoms with Gasteiger partial charge in [0.2, 0.25) is 5.95 Å². The molecule has 0 spiro atoms. The zero-order chi connectivity index (χ0) is 23.3. The van der Waals surface area contributed by atoms with Crippen molar-refractivity contribution in [2.45, 2.75) is 39.8 Å². The largest absolute Gasteiger partial charge is 0.491 e. The lowest BCUT2D eigenvalue weighted by molar-refractivity contribution is -0.138. The summed E-state index contributed by atoms with van der Waals surface area (Å²) in [6.45, 7) is 7.43. The van der Waals surface area contributed by atoms with Crippen LogP contribution < -0.4 is 15.4 Å². The predicted octanol–water partition coefficient (Wildman–Crippen LogP) is 3.78. The van der Waals surface area contributed by atoms with Gasteiger partial charge in [0.1, 0.15) is 11.8 Å². The van der Waals surface area contributed by atoms with E-state index in [1.54, 1.807) is 32.2 Å². The number of imidazole rings is 1. The van der Waals surface area contributed by atoms with Gasteiger partial charge in [0.25, 0.3) is 5.91 Å². The summed E-state index contributed by atoms with van der Waals surface area (Å²) in [5.41, 5.74) is 3.64. The molecule has 1 amide bonds. The van der Waals surface area contributed by atoms with Gasteiger partial charge in [-0.15, -0.1) is 0 Å². The van der Waals surface area contributed by atoms with E-state index < -0.39 is 17.9 Å². The third-order valence-corrected chi connectivity index (χ3v) is 4.84. The van der Waals surface area contributed by atoms with Crippen molar-refractivity contribution in [3.63, 3.8) is 0 Å². The second kappa shape index (κ2) is 10.00. The summed E-state index contributed by atoms with van der Waals surface area (Å²) in [4.78, 5) is 32.0. The van der Waals surface area contributed by atoms with Crippen LogP contribution in [-0.4, -0.2) is 45.6 Å². The summed E-state index contributed by atoms with van der Waals surface area (Å²) in [5.74, 6) is -0.493. The number of aliphatic carboxylic acids is 1. The Kier molecular flexibility index (Phi) is 7.14. The van der Waals surface area contributed by atoms with Gasteiger partial charge in [0, 0.05) is 12.1 Å². The average Bonchev–Trinajstić information content (AvgIpc) is 3.19. The van der Waals surface area contributed by atoms with Gasteiger partial charge in [-0.25, -0.2) is 9.78 Å². The molecule has 8 nitrogen and oxygen atoms in total. The Balaban J connectivity index is 1.68. The maximum Gasteiger partial charge on any atom is 0.328 e. The van der Waals surface area contributed by atoms with Crippen LogP contribution in [0.25, 0.3) is 11.3 Å². The molecule has 0 saturated carbocycles. The minimum absolute atomic E-state index is 0.0138. The van der Waals surface area contributed by atoms with Crippen LogP contribution in [0.4, 0.5) is 5.95 Å². The zero-order valence-electron chi connectivity index (χ0n) is 18.6. The first-order chi connectivity index (χ1) is 15.2. The minimum atomic E-state index is -1.14. The van der Waals surface area contributed by atoms with Gasteiger partial charge in [-0.05, 0) is 56.5 Å². The number of H-pyrrole nitrogens is 1. The Hall–Kier alpha value is -3.81. The van der Waals surface area contributed by atoms with E-state index in [1.807, 2.05) is 44.2 Å². The Morgan fingerprint density at radius 2 is 1.78 bits per heavy atom. The van der Waals surface area contributed by atoms with Crippen LogP contribution in [0, 0.1) is 13.8 Å². The third-order valence-electron chi connectivity index (χ3n) is 4.84. The molecule has 3 aromatic rings. The molecule has 0 aliphatic rings. The highest BCUT2D eigenvalue weighted by Crippen LogP contribution is 2.23. The maximum atomic E-state index is 12.9. The molecule has 168 valence electrons. The van der Waals surface area contributed by atoms with Crippen LogP contribution in [0.2, 0.25) is 0 Å². The standard InChI is InChI=1S/C24H28N4O4/c1-14(2)32-18-10-15(3)21(16(4)11-18)22(29)27-20(23(30)31)13-26-24-25-12-19(28-24)17-8-6-5-7-9-17/h5-12,14,20H,13H2,1-4H3,(H,27,29)(H,30,31)(H2,25,26,28)/t20-/m0/s1. The van der Waals surface area contributed by atoms with Crippen molar-refractivity contribution in [2.75, 3.05) is 11.9 Å². The van der Waals surface area contributed by atoms with Crippen molar-refractivity contribution in [1.29, 1.82) is 0 Å². The van der Waals surface area contributed by atoms with Crippen molar-refractivity contribution in [2.24, 2.45) is 0 Å². The summed E-state index contributed by atoms with van der Waals surface area (Å²) in [6, 6.07) is 12.1. The molecule has 32 heavy (non-hydrogen) atoms. The Morgan fingerprint density at radius 1 is 1.12 bits per heavy atom. The molecule has 1 heterocycles. The average molecular weight is 437 g/mol. The fraction of sp³-hybridized carbons (Fsp3) is 0.292. The lowest BCUT2D eigenvalue weighted by Crippen LogP contribution is -2.45. The van der Waals surface area contributed by atoms with E-state index in [0.717, 1.165) is 11.3 Å². The molecule has 1 aromatic heterocycles. The number of aromatic nitrogens is 2. The number of hydrogen-bond donors (Lipinski definition) is 4. The van der Waals surface area contributed by atoms with Gasteiger partial charge in [-0.3, -0.25) is 4.79 Å². The number of carbonyl (C=O) groups is 2. The highest BCUT2D eigenvalue weighted by molar-refractivity contribution is 5.99. The molecule has 0 bridgehead atoms.